The van der Waals surface area contributed by atoms with Crippen molar-refractivity contribution in [2.24, 2.45) is 0 Å². The standard InChI is InChI=1S/2C26H28N2O3.H2O/c2*1-3-4-7-14-28-18(2)22(16-26(29)30)23-15-21(12-13-25(23)28)31-17-20-11-10-19-8-5-6-9-24(19)27-20;/h2*5-6,8-13,15H,3-4,7,14,16-17H2,1-2H3,(H,29,30);1H2. The normalized spacial score (nSPS) is 11.1. The molecule has 328 valence electrons. The molecule has 4 heterocycles. The first-order chi connectivity index (χ1) is 30.1. The van der Waals surface area contributed by atoms with Crippen LogP contribution in [0.15, 0.2) is 109 Å². The van der Waals surface area contributed by atoms with E-state index in [1.807, 2.05) is 111 Å². The van der Waals surface area contributed by atoms with Crippen LogP contribution in [-0.2, 0) is 48.7 Å². The second-order valence-electron chi connectivity index (χ2n) is 15.9. The van der Waals surface area contributed by atoms with Gasteiger partial charge in [0.15, 0.2) is 0 Å². The predicted octanol–water partition coefficient (Wildman–Crippen LogP) is 11.0. The zero-order chi connectivity index (χ0) is 43.6. The van der Waals surface area contributed by atoms with E-state index in [4.69, 9.17) is 9.47 Å². The average molecular weight is 851 g/mol. The van der Waals surface area contributed by atoms with Crippen LogP contribution < -0.4 is 9.47 Å². The SMILES string of the molecule is CCCCCn1c(C)c(CC(=O)O)c2cc(OCc3ccc4ccccc4n3)ccc21.CCCCCn1c(C)c(CC(=O)O)c2cc(OCc3ccc4ccccc4n3)ccc21.O. The van der Waals surface area contributed by atoms with Crippen molar-refractivity contribution in [2.75, 3.05) is 0 Å². The van der Waals surface area contributed by atoms with Gasteiger partial charge < -0.3 is 34.3 Å². The molecule has 63 heavy (non-hydrogen) atoms. The number of rotatable bonds is 18. The highest BCUT2D eigenvalue weighted by Gasteiger charge is 2.19. The molecule has 4 aromatic heterocycles. The Bertz CT molecular complexity index is 2650. The number of hydrogen-bond acceptors (Lipinski definition) is 6. The number of carboxylic acids is 2. The van der Waals surface area contributed by atoms with Crippen LogP contribution in [0.25, 0.3) is 43.6 Å². The molecule has 0 bridgehead atoms. The monoisotopic (exact) mass is 850 g/mol. The first kappa shape index (κ1) is 45.8. The quantitative estimate of drug-likeness (QED) is 0.0807. The molecule has 0 saturated heterocycles. The van der Waals surface area contributed by atoms with E-state index in [-0.39, 0.29) is 18.3 Å². The number of carbonyl (C=O) groups is 2. The molecule has 0 amide bonds. The van der Waals surface area contributed by atoms with Gasteiger partial charge in [0.1, 0.15) is 24.7 Å². The van der Waals surface area contributed by atoms with Crippen molar-refractivity contribution in [3.63, 3.8) is 0 Å². The summed E-state index contributed by atoms with van der Waals surface area (Å²) < 4.78 is 16.6. The predicted molar refractivity (Wildman–Crippen MR) is 251 cm³/mol. The summed E-state index contributed by atoms with van der Waals surface area (Å²) in [5, 5.41) is 23.0. The van der Waals surface area contributed by atoms with E-state index in [1.165, 1.54) is 0 Å². The average Bonchev–Trinajstić information content (AvgIpc) is 3.68. The molecule has 0 radical (unpaired) electrons. The van der Waals surface area contributed by atoms with Crippen LogP contribution >= 0.6 is 0 Å². The first-order valence-electron chi connectivity index (χ1n) is 21.8. The summed E-state index contributed by atoms with van der Waals surface area (Å²) >= 11 is 0. The minimum absolute atomic E-state index is 0. The van der Waals surface area contributed by atoms with Gasteiger partial charge in [-0.15, -0.1) is 0 Å². The number of pyridine rings is 2. The van der Waals surface area contributed by atoms with Gasteiger partial charge in [-0.25, -0.2) is 9.97 Å². The molecule has 8 rings (SSSR count). The lowest BCUT2D eigenvalue weighted by Gasteiger charge is -2.09. The highest BCUT2D eigenvalue weighted by atomic mass is 16.5. The van der Waals surface area contributed by atoms with Crippen molar-refractivity contribution < 1.29 is 34.8 Å². The molecule has 0 aliphatic carbocycles. The molecule has 8 aromatic rings. The number of carboxylic acid groups (broad SMARTS) is 2. The van der Waals surface area contributed by atoms with Gasteiger partial charge >= 0.3 is 11.9 Å². The maximum atomic E-state index is 11.5. The van der Waals surface area contributed by atoms with Gasteiger partial charge in [0, 0.05) is 57.1 Å². The number of aliphatic carboxylic acids is 2. The van der Waals surface area contributed by atoms with Crippen LogP contribution in [0, 0.1) is 13.8 Å². The maximum absolute atomic E-state index is 11.5. The largest absolute Gasteiger partial charge is 0.487 e. The Labute approximate surface area is 368 Å². The fraction of sp³-hybridized carbons (Fsp3) is 0.308. The van der Waals surface area contributed by atoms with E-state index >= 15 is 0 Å². The maximum Gasteiger partial charge on any atom is 0.307 e. The van der Waals surface area contributed by atoms with Crippen molar-refractivity contribution in [1.82, 2.24) is 19.1 Å². The highest BCUT2D eigenvalue weighted by molar-refractivity contribution is 5.91. The number of fused-ring (bicyclic) bond motifs is 4. The molecule has 0 aliphatic rings. The van der Waals surface area contributed by atoms with Crippen molar-refractivity contribution in [1.29, 1.82) is 0 Å². The fourth-order valence-electron chi connectivity index (χ4n) is 8.30. The van der Waals surface area contributed by atoms with E-state index in [1.54, 1.807) is 0 Å². The first-order valence-corrected chi connectivity index (χ1v) is 21.8. The lowest BCUT2D eigenvalue weighted by Crippen LogP contribution is -2.04. The van der Waals surface area contributed by atoms with Gasteiger partial charge in [-0.05, 0) is 98.5 Å². The molecule has 11 heteroatoms. The van der Waals surface area contributed by atoms with Crippen molar-refractivity contribution in [3.05, 3.63) is 143 Å². The highest BCUT2D eigenvalue weighted by Crippen LogP contribution is 2.32. The van der Waals surface area contributed by atoms with Crippen molar-refractivity contribution >= 4 is 55.6 Å². The number of hydrogen-bond donors (Lipinski definition) is 2. The Hall–Kier alpha value is -6.72. The topological polar surface area (TPSA) is 160 Å². The third kappa shape index (κ3) is 11.0. The minimum Gasteiger partial charge on any atom is -0.487 e. The van der Waals surface area contributed by atoms with E-state index in [2.05, 4.69) is 45.1 Å². The van der Waals surface area contributed by atoms with Gasteiger partial charge in [0.2, 0.25) is 0 Å². The van der Waals surface area contributed by atoms with Gasteiger partial charge in [-0.1, -0.05) is 88.1 Å². The van der Waals surface area contributed by atoms with E-state index in [0.29, 0.717) is 13.2 Å². The molecule has 4 aromatic carbocycles. The van der Waals surface area contributed by atoms with Crippen molar-refractivity contribution in [3.8, 4) is 11.5 Å². The third-order valence-corrected chi connectivity index (χ3v) is 11.6. The molecule has 0 aliphatic heterocycles. The molecule has 11 nitrogen and oxygen atoms in total. The summed E-state index contributed by atoms with van der Waals surface area (Å²) in [7, 11) is 0. The second-order valence-corrected chi connectivity index (χ2v) is 15.9. The number of unbranched alkanes of at least 4 members (excludes halogenated alkanes) is 4. The number of aryl methyl sites for hydroxylation is 2. The molecule has 4 N–H and O–H groups in total. The Morgan fingerprint density at radius 3 is 1.37 bits per heavy atom. The van der Waals surface area contributed by atoms with Crippen molar-refractivity contribution in [2.45, 2.75) is 105 Å². The number of nitrogens with zero attached hydrogens (tertiary/aromatic N) is 4. The number of aromatic nitrogens is 4. The third-order valence-electron chi connectivity index (χ3n) is 11.6. The zero-order valence-electron chi connectivity index (χ0n) is 36.7. The molecule has 0 spiro atoms. The smallest absolute Gasteiger partial charge is 0.307 e. The number of para-hydroxylation sites is 2. The van der Waals surface area contributed by atoms with E-state index in [9.17, 15) is 19.8 Å². The summed E-state index contributed by atoms with van der Waals surface area (Å²) in [6.45, 7) is 10.9. The molecule has 0 saturated carbocycles. The second kappa shape index (κ2) is 21.4. The molecule has 0 unspecified atom stereocenters. The summed E-state index contributed by atoms with van der Waals surface area (Å²) in [6, 6.07) is 36.0. The van der Waals surface area contributed by atoms with Crippen LogP contribution in [0.1, 0.15) is 86.3 Å². The Balaban J connectivity index is 0.000000206. The van der Waals surface area contributed by atoms with E-state index < -0.39 is 11.9 Å². The van der Waals surface area contributed by atoms with Gasteiger partial charge in [0.05, 0.1) is 35.3 Å². The Morgan fingerprint density at radius 1 is 0.556 bits per heavy atom. The van der Waals surface area contributed by atoms with E-state index in [0.717, 1.165) is 141 Å². The van der Waals surface area contributed by atoms with Gasteiger partial charge in [-0.3, -0.25) is 9.59 Å². The van der Waals surface area contributed by atoms with Crippen LogP contribution in [0.5, 0.6) is 11.5 Å². The molecule has 0 fully saturated rings. The minimum atomic E-state index is -0.817. The lowest BCUT2D eigenvalue weighted by atomic mass is 10.1. The zero-order valence-corrected chi connectivity index (χ0v) is 36.7. The summed E-state index contributed by atoms with van der Waals surface area (Å²) in [6.07, 6.45) is 6.82. The Kier molecular flexibility index (Phi) is 15.5. The molecular formula is C52H58N4O7. The summed E-state index contributed by atoms with van der Waals surface area (Å²) in [5.41, 5.74) is 9.55. The molecular weight excluding hydrogens is 793 g/mol. The van der Waals surface area contributed by atoms with Gasteiger partial charge in [-0.2, -0.15) is 0 Å². The van der Waals surface area contributed by atoms with Crippen LogP contribution in [0.3, 0.4) is 0 Å². The summed E-state index contributed by atoms with van der Waals surface area (Å²) in [5.74, 6) is -0.190. The number of benzene rings is 4. The Morgan fingerprint density at radius 2 is 0.968 bits per heavy atom. The molecule has 0 atom stereocenters. The fourth-order valence-corrected chi connectivity index (χ4v) is 8.30. The van der Waals surface area contributed by atoms with Crippen LogP contribution in [-0.4, -0.2) is 46.7 Å². The van der Waals surface area contributed by atoms with Gasteiger partial charge in [0.25, 0.3) is 0 Å². The number of ether oxygens (including phenoxy) is 2. The lowest BCUT2D eigenvalue weighted by molar-refractivity contribution is -0.137. The van der Waals surface area contributed by atoms with Crippen LogP contribution in [0.4, 0.5) is 0 Å². The summed E-state index contributed by atoms with van der Waals surface area (Å²) in [4.78, 5) is 32.3. The van der Waals surface area contributed by atoms with Crippen LogP contribution in [0.2, 0.25) is 0 Å².